The number of benzene rings is 2. The van der Waals surface area contributed by atoms with Crippen molar-refractivity contribution in [3.05, 3.63) is 59.9 Å². The van der Waals surface area contributed by atoms with Crippen LogP contribution in [0.25, 0.3) is 0 Å². The van der Waals surface area contributed by atoms with Gasteiger partial charge in [-0.2, -0.15) is 0 Å². The van der Waals surface area contributed by atoms with Crippen LogP contribution in [0, 0.1) is 5.82 Å². The lowest BCUT2D eigenvalue weighted by Gasteiger charge is -2.16. The number of hydrogen-bond acceptors (Lipinski definition) is 5. The number of esters is 1. The monoisotopic (exact) mass is 374 g/mol. The van der Waals surface area contributed by atoms with Crippen molar-refractivity contribution in [3.8, 4) is 5.75 Å². The second-order valence-electron chi connectivity index (χ2n) is 5.93. The second-order valence-corrected chi connectivity index (χ2v) is 5.93. The van der Waals surface area contributed by atoms with Gasteiger partial charge in [0.05, 0.1) is 7.11 Å². The summed E-state index contributed by atoms with van der Waals surface area (Å²) in [5.74, 6) is -0.394. The van der Waals surface area contributed by atoms with Crippen molar-refractivity contribution in [2.75, 3.05) is 19.0 Å². The predicted molar refractivity (Wildman–Crippen MR) is 99.9 cm³/mol. The van der Waals surface area contributed by atoms with Gasteiger partial charge in [0.1, 0.15) is 24.2 Å². The summed E-state index contributed by atoms with van der Waals surface area (Å²) in [6, 6.07) is 12.9. The van der Waals surface area contributed by atoms with Gasteiger partial charge < -0.3 is 20.1 Å². The van der Waals surface area contributed by atoms with Gasteiger partial charge in [-0.15, -0.1) is 0 Å². The molecular formula is C20H23FN2O4. The predicted octanol–water partition coefficient (Wildman–Crippen LogP) is 2.88. The fraction of sp³-hybridized carbons (Fsp3) is 0.300. The molecule has 1 unspecified atom stereocenters. The van der Waals surface area contributed by atoms with Crippen LogP contribution in [0.15, 0.2) is 48.5 Å². The van der Waals surface area contributed by atoms with Gasteiger partial charge in [-0.05, 0) is 48.4 Å². The highest BCUT2D eigenvalue weighted by atomic mass is 19.1. The fourth-order valence-corrected chi connectivity index (χ4v) is 2.46. The molecule has 144 valence electrons. The Morgan fingerprint density at radius 3 is 2.52 bits per heavy atom. The summed E-state index contributed by atoms with van der Waals surface area (Å²) >= 11 is 0. The van der Waals surface area contributed by atoms with Crippen molar-refractivity contribution in [2.45, 2.75) is 26.0 Å². The average Bonchev–Trinajstić information content (AvgIpc) is 2.65. The van der Waals surface area contributed by atoms with Crippen LogP contribution in [-0.2, 0) is 20.9 Å². The summed E-state index contributed by atoms with van der Waals surface area (Å²) < 4.78 is 23.5. The number of ether oxygens (including phenoxy) is 2. The highest BCUT2D eigenvalue weighted by Crippen LogP contribution is 2.17. The highest BCUT2D eigenvalue weighted by Gasteiger charge is 2.19. The molecule has 7 heteroatoms. The van der Waals surface area contributed by atoms with Crippen LogP contribution >= 0.6 is 0 Å². The topological polar surface area (TPSA) is 76.7 Å². The van der Waals surface area contributed by atoms with Crippen molar-refractivity contribution in [1.29, 1.82) is 0 Å². The Kier molecular flexibility index (Phi) is 7.61. The Balaban J connectivity index is 1.80. The molecule has 0 heterocycles. The minimum atomic E-state index is -0.686. The summed E-state index contributed by atoms with van der Waals surface area (Å²) in [7, 11) is 1.28. The number of carbonyl (C=O) groups is 2. The number of anilines is 1. The maximum Gasteiger partial charge on any atom is 0.328 e. The molecule has 0 fully saturated rings. The molecule has 1 atom stereocenters. The minimum absolute atomic E-state index is 0.280. The van der Waals surface area contributed by atoms with Gasteiger partial charge in [-0.25, -0.2) is 9.18 Å². The zero-order chi connectivity index (χ0) is 19.6. The molecule has 2 N–H and O–H groups in total. The first kappa shape index (κ1) is 20.2. The maximum absolute atomic E-state index is 13.1. The third kappa shape index (κ3) is 6.97. The molecule has 2 rings (SSSR count). The Labute approximate surface area is 157 Å². The van der Waals surface area contributed by atoms with Crippen molar-refractivity contribution in [1.82, 2.24) is 5.32 Å². The standard InChI is InChI=1S/C20H23FN2O4/c1-14(24)23-19(20(25)26-2)10-11-22-17-6-8-18(9-7-17)27-13-15-4-3-5-16(21)12-15/h3-9,12,19,22H,10-11,13H2,1-2H3,(H,23,24). The molecule has 0 aliphatic heterocycles. The first-order chi connectivity index (χ1) is 13.0. The van der Waals surface area contributed by atoms with Crippen molar-refractivity contribution < 1.29 is 23.5 Å². The number of methoxy groups -OCH3 is 1. The number of hydrogen-bond donors (Lipinski definition) is 2. The van der Waals surface area contributed by atoms with E-state index in [0.717, 1.165) is 11.3 Å². The van der Waals surface area contributed by atoms with Crippen LogP contribution in [-0.4, -0.2) is 31.6 Å². The zero-order valence-electron chi connectivity index (χ0n) is 15.3. The lowest BCUT2D eigenvalue weighted by molar-refractivity contribution is -0.144. The van der Waals surface area contributed by atoms with Gasteiger partial charge in [0.2, 0.25) is 5.91 Å². The molecular weight excluding hydrogens is 351 g/mol. The van der Waals surface area contributed by atoms with E-state index in [9.17, 15) is 14.0 Å². The molecule has 0 saturated heterocycles. The molecule has 0 aromatic heterocycles. The molecule has 0 aliphatic carbocycles. The molecule has 2 aromatic rings. The lowest BCUT2D eigenvalue weighted by Crippen LogP contribution is -2.41. The number of nitrogens with one attached hydrogen (secondary N) is 2. The minimum Gasteiger partial charge on any atom is -0.489 e. The van der Waals surface area contributed by atoms with Crippen molar-refractivity contribution >= 4 is 17.6 Å². The lowest BCUT2D eigenvalue weighted by atomic mass is 10.2. The summed E-state index contributed by atoms with van der Waals surface area (Å²) in [6.07, 6.45) is 0.393. The van der Waals surface area contributed by atoms with Crippen LogP contribution in [0.2, 0.25) is 0 Å². The molecule has 0 spiro atoms. The number of amides is 1. The summed E-state index contributed by atoms with van der Waals surface area (Å²) in [6.45, 7) is 2.11. The van der Waals surface area contributed by atoms with Gasteiger partial charge in [-0.3, -0.25) is 4.79 Å². The number of rotatable bonds is 9. The molecule has 0 bridgehead atoms. The zero-order valence-corrected chi connectivity index (χ0v) is 15.3. The Bertz CT molecular complexity index is 765. The first-order valence-corrected chi connectivity index (χ1v) is 8.54. The van der Waals surface area contributed by atoms with Crippen molar-refractivity contribution in [3.63, 3.8) is 0 Å². The van der Waals surface area contributed by atoms with E-state index in [1.165, 1.54) is 26.2 Å². The molecule has 6 nitrogen and oxygen atoms in total. The van der Waals surface area contributed by atoms with Gasteiger partial charge >= 0.3 is 5.97 Å². The van der Waals surface area contributed by atoms with E-state index in [-0.39, 0.29) is 18.3 Å². The summed E-state index contributed by atoms with van der Waals surface area (Å²) in [4.78, 5) is 22.8. The van der Waals surface area contributed by atoms with Gasteiger partial charge in [0.15, 0.2) is 0 Å². The molecule has 0 saturated carbocycles. The second kappa shape index (κ2) is 10.2. The quantitative estimate of drug-likeness (QED) is 0.660. The van der Waals surface area contributed by atoms with E-state index in [2.05, 4.69) is 15.4 Å². The van der Waals surface area contributed by atoms with E-state index < -0.39 is 12.0 Å². The third-order valence-corrected chi connectivity index (χ3v) is 3.77. The largest absolute Gasteiger partial charge is 0.489 e. The average molecular weight is 374 g/mol. The van der Waals surface area contributed by atoms with Crippen LogP contribution in [0.4, 0.5) is 10.1 Å². The van der Waals surface area contributed by atoms with Crippen LogP contribution in [0.5, 0.6) is 5.75 Å². The Morgan fingerprint density at radius 2 is 1.89 bits per heavy atom. The van der Waals surface area contributed by atoms with Crippen LogP contribution in [0.1, 0.15) is 18.9 Å². The molecule has 27 heavy (non-hydrogen) atoms. The molecule has 0 aliphatic rings. The SMILES string of the molecule is COC(=O)C(CCNc1ccc(OCc2cccc(F)c2)cc1)NC(C)=O. The number of halogens is 1. The van der Waals surface area contributed by atoms with Crippen LogP contribution < -0.4 is 15.4 Å². The molecule has 0 radical (unpaired) electrons. The van der Waals surface area contributed by atoms with Crippen LogP contribution in [0.3, 0.4) is 0 Å². The molecule has 1 amide bonds. The number of carbonyl (C=O) groups excluding carboxylic acids is 2. The molecule has 2 aromatic carbocycles. The normalized spacial score (nSPS) is 11.4. The van der Waals surface area contributed by atoms with Gasteiger partial charge in [0, 0.05) is 19.2 Å². The Hall–Kier alpha value is -3.09. The summed E-state index contributed by atoms with van der Waals surface area (Å²) in [5.41, 5.74) is 1.60. The van der Waals surface area contributed by atoms with Gasteiger partial charge in [-0.1, -0.05) is 12.1 Å². The van der Waals surface area contributed by atoms with Gasteiger partial charge in [0.25, 0.3) is 0 Å². The highest BCUT2D eigenvalue weighted by molar-refractivity contribution is 5.83. The van der Waals surface area contributed by atoms with Crippen molar-refractivity contribution in [2.24, 2.45) is 0 Å². The summed E-state index contributed by atoms with van der Waals surface area (Å²) in [5, 5.41) is 5.73. The van der Waals surface area contributed by atoms with E-state index in [4.69, 9.17) is 4.74 Å². The third-order valence-electron chi connectivity index (χ3n) is 3.77. The Morgan fingerprint density at radius 1 is 1.15 bits per heavy atom. The van der Waals surface area contributed by atoms with E-state index in [1.807, 2.05) is 12.1 Å². The van der Waals surface area contributed by atoms with E-state index in [1.54, 1.807) is 24.3 Å². The first-order valence-electron chi connectivity index (χ1n) is 8.54. The van der Waals surface area contributed by atoms with E-state index >= 15 is 0 Å². The fourth-order valence-electron chi connectivity index (χ4n) is 2.46. The maximum atomic E-state index is 13.1. The van der Waals surface area contributed by atoms with E-state index in [0.29, 0.717) is 18.7 Å². The smallest absolute Gasteiger partial charge is 0.328 e.